The van der Waals surface area contributed by atoms with Gasteiger partial charge in [0, 0.05) is 6.42 Å². The Balaban J connectivity index is 3.08. The van der Waals surface area contributed by atoms with E-state index < -0.39 is 5.97 Å². The minimum Gasteiger partial charge on any atom is -0.477 e. The molecule has 0 bridgehead atoms. The molecule has 0 atom stereocenters. The van der Waals surface area contributed by atoms with E-state index in [-0.39, 0.29) is 11.3 Å². The number of pyridine rings is 1. The van der Waals surface area contributed by atoms with Crippen molar-refractivity contribution in [2.24, 2.45) is 5.73 Å². The van der Waals surface area contributed by atoms with Crippen LogP contribution in [0.2, 0.25) is 0 Å². The Hall–Kier alpha value is -1.75. The summed E-state index contributed by atoms with van der Waals surface area (Å²) >= 11 is 0. The third kappa shape index (κ3) is 3.13. The Kier molecular flexibility index (Phi) is 4.13. The topological polar surface area (TPSA) is 84.3 Å². The number of nitrogens with zero attached hydrogens (tertiary/aromatic N) is 1. The normalized spacial score (nSPS) is 10.1. The average Bonchev–Trinajstić information content (AvgIpc) is 2.25. The highest BCUT2D eigenvalue weighted by atomic mass is 16.4. The summed E-state index contributed by atoms with van der Waals surface area (Å²) in [5.74, 6) is -1.19. The highest BCUT2D eigenvalue weighted by Gasteiger charge is 2.14. The highest BCUT2D eigenvalue weighted by molar-refractivity contribution is 5.96. The summed E-state index contributed by atoms with van der Waals surface area (Å²) in [7, 11) is 0. The number of Topliss-reactive ketones (excluding diaryl/α,β-unsaturated/α-hetero) is 1. The van der Waals surface area contributed by atoms with Gasteiger partial charge >= 0.3 is 5.97 Å². The van der Waals surface area contributed by atoms with Crippen molar-refractivity contribution in [1.82, 2.24) is 0 Å². The summed E-state index contributed by atoms with van der Waals surface area (Å²) in [5.41, 5.74) is 5.89. The van der Waals surface area contributed by atoms with Crippen LogP contribution in [0.5, 0.6) is 0 Å². The van der Waals surface area contributed by atoms with Gasteiger partial charge in [-0.15, -0.1) is 0 Å². The number of carboxylic acids is 1. The van der Waals surface area contributed by atoms with Crippen molar-refractivity contribution in [2.45, 2.75) is 19.9 Å². The lowest BCUT2D eigenvalue weighted by atomic mass is 10.1. The van der Waals surface area contributed by atoms with Gasteiger partial charge in [-0.2, -0.15) is 0 Å². The number of hydrogen-bond donors (Lipinski definition) is 2. The van der Waals surface area contributed by atoms with Gasteiger partial charge in [0.2, 0.25) is 0 Å². The Morgan fingerprint density at radius 3 is 2.50 bits per heavy atom. The quantitative estimate of drug-likeness (QED) is 0.552. The van der Waals surface area contributed by atoms with Crippen LogP contribution >= 0.6 is 0 Å². The van der Waals surface area contributed by atoms with E-state index in [9.17, 15) is 9.59 Å². The number of rotatable bonds is 5. The largest absolute Gasteiger partial charge is 0.477 e. The number of aryl methyl sites for hydroxylation is 1. The SMILES string of the molecule is CC(=O)c1cc(C(=O)O)c[n+](CCCN)c1. The van der Waals surface area contributed by atoms with Crippen molar-refractivity contribution in [1.29, 1.82) is 0 Å². The molecule has 0 radical (unpaired) electrons. The number of carbonyl (C=O) groups excluding carboxylic acids is 1. The van der Waals surface area contributed by atoms with Crippen LogP contribution in [0, 0.1) is 0 Å². The molecule has 0 aromatic carbocycles. The number of aromatic nitrogens is 1. The first-order valence-electron chi connectivity index (χ1n) is 5.03. The second-order valence-corrected chi connectivity index (χ2v) is 3.55. The van der Waals surface area contributed by atoms with Gasteiger partial charge in [0.25, 0.3) is 0 Å². The van der Waals surface area contributed by atoms with E-state index in [1.165, 1.54) is 19.2 Å². The molecule has 86 valence electrons. The van der Waals surface area contributed by atoms with E-state index in [1.54, 1.807) is 10.8 Å². The molecule has 0 amide bonds. The van der Waals surface area contributed by atoms with Gasteiger partial charge in [-0.1, -0.05) is 0 Å². The van der Waals surface area contributed by atoms with Crippen molar-refractivity contribution in [3.8, 4) is 0 Å². The van der Waals surface area contributed by atoms with E-state index >= 15 is 0 Å². The summed E-state index contributed by atoms with van der Waals surface area (Å²) in [6.45, 7) is 2.55. The fourth-order valence-corrected chi connectivity index (χ4v) is 1.35. The maximum absolute atomic E-state index is 11.2. The number of carboxylic acid groups (broad SMARTS) is 1. The monoisotopic (exact) mass is 223 g/mol. The van der Waals surface area contributed by atoms with Gasteiger partial charge in [-0.05, 0) is 19.5 Å². The number of carbonyl (C=O) groups is 2. The van der Waals surface area contributed by atoms with Crippen LogP contribution in [0.4, 0.5) is 0 Å². The third-order valence-electron chi connectivity index (χ3n) is 2.19. The molecule has 5 nitrogen and oxygen atoms in total. The molecule has 0 fully saturated rings. The molecule has 0 saturated heterocycles. The summed E-state index contributed by atoms with van der Waals surface area (Å²) in [4.78, 5) is 22.1. The molecular weight excluding hydrogens is 208 g/mol. The number of hydrogen-bond acceptors (Lipinski definition) is 3. The molecule has 1 aromatic rings. The number of nitrogens with two attached hydrogens (primary N) is 1. The fourth-order valence-electron chi connectivity index (χ4n) is 1.35. The summed E-state index contributed by atoms with van der Waals surface area (Å²) in [5, 5.41) is 8.89. The zero-order chi connectivity index (χ0) is 12.1. The average molecular weight is 223 g/mol. The van der Waals surface area contributed by atoms with Crippen LogP contribution in [0.1, 0.15) is 34.1 Å². The maximum Gasteiger partial charge on any atom is 0.341 e. The van der Waals surface area contributed by atoms with Gasteiger partial charge in [-0.25, -0.2) is 9.36 Å². The van der Waals surface area contributed by atoms with Gasteiger partial charge < -0.3 is 10.8 Å². The Bertz CT molecular complexity index is 383. The minimum absolute atomic E-state index is 0.115. The fraction of sp³-hybridized carbons (Fsp3) is 0.364. The van der Waals surface area contributed by atoms with Crippen LogP contribution in [-0.4, -0.2) is 23.4 Å². The van der Waals surface area contributed by atoms with Gasteiger partial charge in [0.1, 0.15) is 12.1 Å². The lowest BCUT2D eigenvalue weighted by Gasteiger charge is -2.00. The molecule has 0 spiro atoms. The Morgan fingerprint density at radius 2 is 2.00 bits per heavy atom. The molecule has 0 aliphatic carbocycles. The highest BCUT2D eigenvalue weighted by Crippen LogP contribution is 2.02. The van der Waals surface area contributed by atoms with Crippen molar-refractivity contribution in [3.05, 3.63) is 29.6 Å². The molecular formula is C11H15N2O3+. The molecule has 16 heavy (non-hydrogen) atoms. The minimum atomic E-state index is -1.04. The lowest BCUT2D eigenvalue weighted by Crippen LogP contribution is -2.36. The lowest BCUT2D eigenvalue weighted by molar-refractivity contribution is -0.697. The predicted octanol–water partition coefficient (Wildman–Crippen LogP) is 0.224. The van der Waals surface area contributed by atoms with E-state index in [0.717, 1.165) is 6.42 Å². The van der Waals surface area contributed by atoms with Gasteiger partial charge in [-0.3, -0.25) is 4.79 Å². The Labute approximate surface area is 93.5 Å². The smallest absolute Gasteiger partial charge is 0.341 e. The standard InChI is InChI=1S/C11H14N2O3/c1-8(14)9-5-10(11(15)16)7-13(6-9)4-2-3-12/h5-7H,2-4,12H2,1H3/p+1. The predicted molar refractivity (Wildman–Crippen MR) is 57.3 cm³/mol. The first-order valence-corrected chi connectivity index (χ1v) is 5.03. The van der Waals surface area contributed by atoms with Gasteiger partial charge in [0.15, 0.2) is 18.2 Å². The molecule has 0 saturated carbocycles. The summed E-state index contributed by atoms with van der Waals surface area (Å²) in [6.07, 6.45) is 3.89. The van der Waals surface area contributed by atoms with Crippen LogP contribution in [0.25, 0.3) is 0 Å². The van der Waals surface area contributed by atoms with Crippen LogP contribution in [-0.2, 0) is 6.54 Å². The van der Waals surface area contributed by atoms with Crippen LogP contribution < -0.4 is 10.3 Å². The summed E-state index contributed by atoms with van der Waals surface area (Å²) < 4.78 is 1.69. The molecule has 1 rings (SSSR count). The molecule has 1 aromatic heterocycles. The van der Waals surface area contributed by atoms with Crippen LogP contribution in [0.15, 0.2) is 18.5 Å². The van der Waals surface area contributed by atoms with E-state index in [4.69, 9.17) is 10.8 Å². The van der Waals surface area contributed by atoms with Crippen molar-refractivity contribution < 1.29 is 19.3 Å². The van der Waals surface area contributed by atoms with Crippen molar-refractivity contribution >= 4 is 11.8 Å². The van der Waals surface area contributed by atoms with E-state index in [0.29, 0.717) is 18.7 Å². The first-order chi connectivity index (χ1) is 7.54. The zero-order valence-corrected chi connectivity index (χ0v) is 9.14. The first kappa shape index (κ1) is 12.3. The molecule has 5 heteroatoms. The second kappa shape index (κ2) is 5.37. The molecule has 1 heterocycles. The number of ketones is 1. The number of aromatic carboxylic acids is 1. The molecule has 0 unspecified atom stereocenters. The van der Waals surface area contributed by atoms with Gasteiger partial charge in [0.05, 0.1) is 5.56 Å². The van der Waals surface area contributed by atoms with E-state index in [2.05, 4.69) is 0 Å². The zero-order valence-electron chi connectivity index (χ0n) is 9.14. The summed E-state index contributed by atoms with van der Waals surface area (Å²) in [6, 6.07) is 1.38. The Morgan fingerprint density at radius 1 is 1.38 bits per heavy atom. The molecule has 3 N–H and O–H groups in total. The molecule has 0 aliphatic rings. The third-order valence-corrected chi connectivity index (χ3v) is 2.19. The van der Waals surface area contributed by atoms with Crippen molar-refractivity contribution in [2.75, 3.05) is 6.54 Å². The maximum atomic E-state index is 11.2. The molecule has 0 aliphatic heterocycles. The van der Waals surface area contributed by atoms with Crippen LogP contribution in [0.3, 0.4) is 0 Å². The van der Waals surface area contributed by atoms with Crippen molar-refractivity contribution in [3.63, 3.8) is 0 Å². The second-order valence-electron chi connectivity index (χ2n) is 3.55. The van der Waals surface area contributed by atoms with E-state index in [1.807, 2.05) is 0 Å².